The number of ether oxygens (including phenoxy) is 1. The van der Waals surface area contributed by atoms with Crippen LogP contribution in [-0.4, -0.2) is 56.5 Å². The second-order valence-electron chi connectivity index (χ2n) is 7.49. The maximum Gasteiger partial charge on any atom is 0.415 e. The van der Waals surface area contributed by atoms with Gasteiger partial charge in [0, 0.05) is 13.1 Å². The van der Waals surface area contributed by atoms with Crippen LogP contribution in [0.4, 0.5) is 10.6 Å². The van der Waals surface area contributed by atoms with Gasteiger partial charge in [0.15, 0.2) is 5.65 Å². The third-order valence-corrected chi connectivity index (χ3v) is 4.43. The SMILES string of the molecule is CN(C(=O)OC(C)(C)C)c1cc(Cl)nc2c(C(=O)N[C@@H]3CC[C@H]3O)cnn12. The number of nitrogens with one attached hydrogen (secondary N) is 1. The molecule has 1 fully saturated rings. The fraction of sp³-hybridized carbons (Fsp3) is 0.529. The van der Waals surface area contributed by atoms with Gasteiger partial charge in [0.25, 0.3) is 5.91 Å². The summed E-state index contributed by atoms with van der Waals surface area (Å²) in [4.78, 5) is 30.3. The Morgan fingerprint density at radius 3 is 2.67 bits per heavy atom. The highest BCUT2D eigenvalue weighted by Gasteiger charge is 2.31. The minimum atomic E-state index is -0.667. The Morgan fingerprint density at radius 1 is 1.41 bits per heavy atom. The van der Waals surface area contributed by atoms with Crippen LogP contribution < -0.4 is 10.2 Å². The lowest BCUT2D eigenvalue weighted by atomic mass is 9.89. The molecule has 3 rings (SSSR count). The zero-order valence-electron chi connectivity index (χ0n) is 15.6. The molecule has 0 bridgehead atoms. The molecule has 0 aromatic carbocycles. The van der Waals surface area contributed by atoms with E-state index >= 15 is 0 Å². The Balaban J connectivity index is 1.93. The van der Waals surface area contributed by atoms with Crippen molar-refractivity contribution in [3.63, 3.8) is 0 Å². The van der Waals surface area contributed by atoms with Crippen molar-refractivity contribution in [3.05, 3.63) is 23.0 Å². The van der Waals surface area contributed by atoms with E-state index in [9.17, 15) is 14.7 Å². The number of hydrogen-bond donors (Lipinski definition) is 2. The van der Waals surface area contributed by atoms with Crippen molar-refractivity contribution in [1.29, 1.82) is 0 Å². The zero-order valence-corrected chi connectivity index (χ0v) is 16.3. The molecule has 1 aliphatic carbocycles. The van der Waals surface area contributed by atoms with E-state index in [1.54, 1.807) is 20.8 Å². The number of rotatable bonds is 3. The van der Waals surface area contributed by atoms with Gasteiger partial charge < -0.3 is 15.2 Å². The number of hydrogen-bond acceptors (Lipinski definition) is 6. The van der Waals surface area contributed by atoms with E-state index < -0.39 is 23.7 Å². The molecule has 0 spiro atoms. The first-order valence-electron chi connectivity index (χ1n) is 8.57. The Labute approximate surface area is 161 Å². The van der Waals surface area contributed by atoms with E-state index in [2.05, 4.69) is 15.4 Å². The molecule has 0 unspecified atom stereocenters. The third-order valence-electron chi connectivity index (χ3n) is 4.23. The molecule has 2 heterocycles. The standard InChI is InChI=1S/C17H22ClN5O4/c1-17(2,3)27-16(26)22(4)13-7-12(18)21-14-9(8-19-23(13)14)15(25)20-10-5-6-11(10)24/h7-8,10-11,24H,5-6H2,1-4H3,(H,20,25)/t10-,11-/m1/s1. The maximum absolute atomic E-state index is 12.5. The molecule has 2 N–H and O–H groups in total. The fourth-order valence-corrected chi connectivity index (χ4v) is 2.82. The smallest absolute Gasteiger partial charge is 0.415 e. The lowest BCUT2D eigenvalue weighted by molar-refractivity contribution is 0.0448. The Bertz CT molecular complexity index is 891. The molecule has 10 heteroatoms. The number of halogens is 1. The van der Waals surface area contributed by atoms with Crippen LogP contribution in [-0.2, 0) is 4.74 Å². The number of anilines is 1. The van der Waals surface area contributed by atoms with E-state index in [0.717, 1.165) is 0 Å². The zero-order chi connectivity index (χ0) is 19.9. The second-order valence-corrected chi connectivity index (χ2v) is 7.88. The van der Waals surface area contributed by atoms with E-state index in [1.807, 2.05) is 0 Å². The number of carbonyl (C=O) groups is 2. The molecule has 2 aromatic heterocycles. The maximum atomic E-state index is 12.5. The van der Waals surface area contributed by atoms with Crippen LogP contribution in [0, 0.1) is 0 Å². The number of fused-ring (bicyclic) bond motifs is 1. The summed E-state index contributed by atoms with van der Waals surface area (Å²) in [6.07, 6.45) is 1.60. The van der Waals surface area contributed by atoms with Gasteiger partial charge >= 0.3 is 6.09 Å². The second kappa shape index (κ2) is 6.97. The van der Waals surface area contributed by atoms with Crippen molar-refractivity contribution in [2.45, 2.75) is 51.4 Å². The van der Waals surface area contributed by atoms with Crippen molar-refractivity contribution in [1.82, 2.24) is 19.9 Å². The summed E-state index contributed by atoms with van der Waals surface area (Å²) in [6, 6.07) is 1.18. The normalized spacial score (nSPS) is 19.5. The molecule has 9 nitrogen and oxygen atoms in total. The summed E-state index contributed by atoms with van der Waals surface area (Å²) in [5.41, 5.74) is -0.255. The third kappa shape index (κ3) is 3.98. The molecular formula is C17H22ClN5O4. The van der Waals surface area contributed by atoms with E-state index in [0.29, 0.717) is 18.7 Å². The molecule has 2 aromatic rings. The van der Waals surface area contributed by atoms with Crippen LogP contribution in [0.2, 0.25) is 5.15 Å². The summed E-state index contributed by atoms with van der Waals surface area (Å²) < 4.78 is 6.71. The molecule has 1 aliphatic rings. The fourth-order valence-electron chi connectivity index (χ4n) is 2.64. The van der Waals surface area contributed by atoms with Gasteiger partial charge in [-0.25, -0.2) is 9.78 Å². The molecule has 0 saturated heterocycles. The highest BCUT2D eigenvalue weighted by atomic mass is 35.5. The van der Waals surface area contributed by atoms with Gasteiger partial charge in [0.2, 0.25) is 0 Å². The number of carbonyl (C=O) groups excluding carboxylic acids is 2. The van der Waals surface area contributed by atoms with Crippen LogP contribution in [0.1, 0.15) is 44.0 Å². The molecular weight excluding hydrogens is 374 g/mol. The largest absolute Gasteiger partial charge is 0.443 e. The average Bonchev–Trinajstić information content (AvgIpc) is 2.98. The molecule has 0 radical (unpaired) electrons. The Kier molecular flexibility index (Phi) is 5.00. The van der Waals surface area contributed by atoms with Gasteiger partial charge in [0.1, 0.15) is 22.1 Å². The summed E-state index contributed by atoms with van der Waals surface area (Å²) >= 11 is 6.10. The Morgan fingerprint density at radius 2 is 2.11 bits per heavy atom. The van der Waals surface area contributed by atoms with E-state index in [4.69, 9.17) is 16.3 Å². The lowest BCUT2D eigenvalue weighted by Gasteiger charge is -2.32. The van der Waals surface area contributed by atoms with Crippen molar-refractivity contribution in [2.75, 3.05) is 11.9 Å². The quantitative estimate of drug-likeness (QED) is 0.769. The molecule has 27 heavy (non-hydrogen) atoms. The summed E-state index contributed by atoms with van der Waals surface area (Å²) in [5.74, 6) is -0.101. The first kappa shape index (κ1) is 19.4. The highest BCUT2D eigenvalue weighted by Crippen LogP contribution is 2.24. The van der Waals surface area contributed by atoms with Gasteiger partial charge in [-0.3, -0.25) is 9.69 Å². The molecule has 146 valence electrons. The Hall–Kier alpha value is -2.39. The van der Waals surface area contributed by atoms with Crippen molar-refractivity contribution in [2.24, 2.45) is 0 Å². The first-order valence-corrected chi connectivity index (χ1v) is 8.94. The molecule has 1 saturated carbocycles. The van der Waals surface area contributed by atoms with Gasteiger partial charge in [-0.05, 0) is 33.6 Å². The topological polar surface area (TPSA) is 109 Å². The van der Waals surface area contributed by atoms with Crippen LogP contribution in [0.25, 0.3) is 5.65 Å². The van der Waals surface area contributed by atoms with Gasteiger partial charge in [0.05, 0.1) is 18.3 Å². The van der Waals surface area contributed by atoms with Crippen molar-refractivity contribution in [3.8, 4) is 0 Å². The monoisotopic (exact) mass is 395 g/mol. The van der Waals surface area contributed by atoms with Crippen molar-refractivity contribution < 1.29 is 19.4 Å². The van der Waals surface area contributed by atoms with Crippen LogP contribution in [0.5, 0.6) is 0 Å². The van der Waals surface area contributed by atoms with Gasteiger partial charge in [-0.15, -0.1) is 0 Å². The minimum absolute atomic E-state index is 0.103. The predicted molar refractivity (Wildman–Crippen MR) is 99.1 cm³/mol. The van der Waals surface area contributed by atoms with E-state index in [-0.39, 0.29) is 22.4 Å². The van der Waals surface area contributed by atoms with Crippen molar-refractivity contribution >= 4 is 35.1 Å². The van der Waals surface area contributed by atoms with Gasteiger partial charge in [-0.2, -0.15) is 9.61 Å². The van der Waals surface area contributed by atoms with Crippen LogP contribution in [0.3, 0.4) is 0 Å². The van der Waals surface area contributed by atoms with Crippen LogP contribution >= 0.6 is 11.6 Å². The van der Waals surface area contributed by atoms with E-state index in [1.165, 1.54) is 28.7 Å². The summed E-state index contributed by atoms with van der Waals surface area (Å²) in [7, 11) is 1.52. The number of aliphatic hydroxyl groups excluding tert-OH is 1. The number of nitrogens with zero attached hydrogens (tertiary/aromatic N) is 4. The molecule has 2 amide bonds. The molecule has 0 aliphatic heterocycles. The number of aliphatic hydroxyl groups is 1. The lowest BCUT2D eigenvalue weighted by Crippen LogP contribution is -2.50. The first-order chi connectivity index (χ1) is 12.6. The summed E-state index contributed by atoms with van der Waals surface area (Å²) in [5, 5.41) is 16.7. The molecule has 2 atom stereocenters. The summed E-state index contributed by atoms with van der Waals surface area (Å²) in [6.45, 7) is 5.29. The van der Waals surface area contributed by atoms with Crippen LogP contribution in [0.15, 0.2) is 12.3 Å². The number of amides is 2. The predicted octanol–water partition coefficient (Wildman–Crippen LogP) is 2.01. The van der Waals surface area contributed by atoms with Gasteiger partial charge in [-0.1, -0.05) is 11.6 Å². The average molecular weight is 396 g/mol. The number of aromatic nitrogens is 3. The highest BCUT2D eigenvalue weighted by molar-refractivity contribution is 6.30. The minimum Gasteiger partial charge on any atom is -0.443 e.